The Balaban J connectivity index is 2.90. The first-order valence-corrected chi connectivity index (χ1v) is 5.64. The van der Waals surface area contributed by atoms with Gasteiger partial charge >= 0.3 is 0 Å². The molecule has 3 N–H and O–H groups in total. The number of methoxy groups -OCH3 is 1. The van der Waals surface area contributed by atoms with Gasteiger partial charge < -0.3 is 4.74 Å². The van der Waals surface area contributed by atoms with Crippen molar-refractivity contribution in [3.05, 3.63) is 29.8 Å². The van der Waals surface area contributed by atoms with Gasteiger partial charge in [-0.05, 0) is 17.9 Å². The zero-order valence-electron chi connectivity index (χ0n) is 8.49. The number of benzene rings is 1. The van der Waals surface area contributed by atoms with Gasteiger partial charge in [-0.3, -0.25) is 11.3 Å². The Hall–Kier alpha value is -0.550. The predicted octanol–water partition coefficient (Wildman–Crippen LogP) is 1.56. The second-order valence-corrected chi connectivity index (χ2v) is 3.76. The Morgan fingerprint density at radius 2 is 2.21 bits per heavy atom. The lowest BCUT2D eigenvalue weighted by atomic mass is 10.1. The zero-order chi connectivity index (χ0) is 10.4. The lowest BCUT2D eigenvalue weighted by molar-refractivity contribution is 0.166. The van der Waals surface area contributed by atoms with Crippen molar-refractivity contribution < 1.29 is 4.74 Å². The molecule has 1 unspecified atom stereocenters. The number of hydrogen-bond acceptors (Lipinski definition) is 4. The molecule has 0 saturated carbocycles. The van der Waals surface area contributed by atoms with Gasteiger partial charge in [-0.2, -0.15) is 0 Å². The van der Waals surface area contributed by atoms with Gasteiger partial charge in [0.15, 0.2) is 0 Å². The Kier molecular flexibility index (Phi) is 4.97. The lowest BCUT2D eigenvalue weighted by Crippen LogP contribution is -2.31. The molecule has 0 heterocycles. The summed E-state index contributed by atoms with van der Waals surface area (Å²) in [5.41, 5.74) is 3.94. The van der Waals surface area contributed by atoms with E-state index in [1.54, 1.807) is 18.9 Å². The molecule has 0 fully saturated rings. The van der Waals surface area contributed by atoms with Crippen molar-refractivity contribution in [3.8, 4) is 0 Å². The summed E-state index contributed by atoms with van der Waals surface area (Å²) < 4.78 is 5.10. The van der Waals surface area contributed by atoms with Crippen LogP contribution in [0.15, 0.2) is 29.2 Å². The summed E-state index contributed by atoms with van der Waals surface area (Å²) >= 11 is 1.71. The van der Waals surface area contributed by atoms with Crippen LogP contribution in [0.2, 0.25) is 0 Å². The van der Waals surface area contributed by atoms with Gasteiger partial charge in [-0.15, -0.1) is 11.8 Å². The molecule has 0 aromatic heterocycles. The van der Waals surface area contributed by atoms with Crippen LogP contribution in [0.4, 0.5) is 0 Å². The third-order valence-corrected chi connectivity index (χ3v) is 2.86. The van der Waals surface area contributed by atoms with E-state index in [0.717, 1.165) is 0 Å². The van der Waals surface area contributed by atoms with E-state index in [1.165, 1.54) is 10.5 Å². The molecule has 1 aromatic carbocycles. The monoisotopic (exact) mass is 212 g/mol. The van der Waals surface area contributed by atoms with Gasteiger partial charge in [0.2, 0.25) is 0 Å². The third-order valence-electron chi connectivity index (χ3n) is 2.05. The first-order valence-electron chi connectivity index (χ1n) is 4.41. The molecule has 0 bridgehead atoms. The summed E-state index contributed by atoms with van der Waals surface area (Å²) in [4.78, 5) is 1.23. The molecule has 14 heavy (non-hydrogen) atoms. The smallest absolute Gasteiger partial charge is 0.0704 e. The van der Waals surface area contributed by atoms with E-state index < -0.39 is 0 Å². The maximum Gasteiger partial charge on any atom is 0.0704 e. The standard InChI is InChI=1S/C10H16N2OS/c1-13-7-9(12-11)8-5-3-4-6-10(8)14-2/h3-6,9,12H,7,11H2,1-2H3. The fraction of sp³-hybridized carbons (Fsp3) is 0.400. The van der Waals surface area contributed by atoms with Crippen LogP contribution in [-0.4, -0.2) is 20.0 Å². The third kappa shape index (κ3) is 2.72. The van der Waals surface area contributed by atoms with E-state index in [4.69, 9.17) is 10.6 Å². The van der Waals surface area contributed by atoms with Crippen molar-refractivity contribution in [1.82, 2.24) is 5.43 Å². The highest BCUT2D eigenvalue weighted by Gasteiger charge is 2.12. The Bertz CT molecular complexity index is 281. The van der Waals surface area contributed by atoms with Crippen LogP contribution in [0.3, 0.4) is 0 Å². The van der Waals surface area contributed by atoms with E-state index in [-0.39, 0.29) is 6.04 Å². The first kappa shape index (κ1) is 11.5. The second-order valence-electron chi connectivity index (χ2n) is 2.92. The van der Waals surface area contributed by atoms with Gasteiger partial charge in [0.05, 0.1) is 12.6 Å². The minimum Gasteiger partial charge on any atom is -0.383 e. The summed E-state index contributed by atoms with van der Waals surface area (Å²) in [5, 5.41) is 0. The fourth-order valence-electron chi connectivity index (χ4n) is 1.35. The van der Waals surface area contributed by atoms with Crippen LogP contribution in [0.5, 0.6) is 0 Å². The van der Waals surface area contributed by atoms with Crippen molar-refractivity contribution >= 4 is 11.8 Å². The molecule has 0 saturated heterocycles. The van der Waals surface area contributed by atoms with Crippen LogP contribution in [-0.2, 0) is 4.74 Å². The number of hydrogen-bond donors (Lipinski definition) is 2. The minimum atomic E-state index is 0.0589. The van der Waals surface area contributed by atoms with Crippen LogP contribution in [0.1, 0.15) is 11.6 Å². The maximum atomic E-state index is 5.48. The molecule has 0 spiro atoms. The zero-order valence-corrected chi connectivity index (χ0v) is 9.30. The summed E-state index contributed by atoms with van der Waals surface area (Å²) in [5.74, 6) is 5.48. The van der Waals surface area contributed by atoms with Crippen LogP contribution in [0, 0.1) is 0 Å². The normalized spacial score (nSPS) is 12.8. The minimum absolute atomic E-state index is 0.0589. The Labute approximate surface area is 89.0 Å². The van der Waals surface area contributed by atoms with Crippen molar-refractivity contribution in [3.63, 3.8) is 0 Å². The Morgan fingerprint density at radius 3 is 2.79 bits per heavy atom. The summed E-state index contributed by atoms with van der Waals surface area (Å²) in [6.07, 6.45) is 2.05. The molecule has 3 nitrogen and oxygen atoms in total. The predicted molar refractivity (Wildman–Crippen MR) is 60.2 cm³/mol. The number of rotatable bonds is 5. The van der Waals surface area contributed by atoms with Gasteiger partial charge in [-0.25, -0.2) is 0 Å². The molecule has 1 aromatic rings. The van der Waals surface area contributed by atoms with Gasteiger partial charge in [0.1, 0.15) is 0 Å². The van der Waals surface area contributed by atoms with Gasteiger partial charge in [0.25, 0.3) is 0 Å². The molecular weight excluding hydrogens is 196 g/mol. The highest BCUT2D eigenvalue weighted by atomic mass is 32.2. The number of nitrogens with two attached hydrogens (primary N) is 1. The molecule has 78 valence electrons. The van der Waals surface area contributed by atoms with Crippen LogP contribution < -0.4 is 11.3 Å². The van der Waals surface area contributed by atoms with Crippen molar-refractivity contribution in [2.45, 2.75) is 10.9 Å². The van der Waals surface area contributed by atoms with Gasteiger partial charge in [0, 0.05) is 12.0 Å². The SMILES string of the molecule is COCC(NN)c1ccccc1SC. The average molecular weight is 212 g/mol. The Morgan fingerprint density at radius 1 is 1.50 bits per heavy atom. The van der Waals surface area contributed by atoms with Crippen molar-refractivity contribution in [2.75, 3.05) is 20.0 Å². The number of thioether (sulfide) groups is 1. The quantitative estimate of drug-likeness (QED) is 0.442. The maximum absolute atomic E-state index is 5.48. The molecular formula is C10H16N2OS. The molecule has 1 rings (SSSR count). The van der Waals surface area contributed by atoms with E-state index in [9.17, 15) is 0 Å². The number of nitrogens with one attached hydrogen (secondary N) is 1. The molecule has 0 aliphatic rings. The topological polar surface area (TPSA) is 47.3 Å². The summed E-state index contributed by atoms with van der Waals surface area (Å²) in [6, 6.07) is 8.24. The fourth-order valence-corrected chi connectivity index (χ4v) is 2.01. The molecule has 1 atom stereocenters. The molecule has 0 amide bonds. The molecule has 0 radical (unpaired) electrons. The van der Waals surface area contributed by atoms with Crippen molar-refractivity contribution in [2.24, 2.45) is 5.84 Å². The lowest BCUT2D eigenvalue weighted by Gasteiger charge is -2.17. The second kappa shape index (κ2) is 6.03. The highest BCUT2D eigenvalue weighted by molar-refractivity contribution is 7.98. The van der Waals surface area contributed by atoms with E-state index in [2.05, 4.69) is 23.8 Å². The van der Waals surface area contributed by atoms with E-state index in [1.807, 2.05) is 12.1 Å². The highest BCUT2D eigenvalue weighted by Crippen LogP contribution is 2.25. The number of hydrazine groups is 1. The first-order chi connectivity index (χ1) is 6.83. The van der Waals surface area contributed by atoms with Crippen LogP contribution in [0.25, 0.3) is 0 Å². The van der Waals surface area contributed by atoms with Crippen molar-refractivity contribution in [1.29, 1.82) is 0 Å². The van der Waals surface area contributed by atoms with E-state index >= 15 is 0 Å². The largest absolute Gasteiger partial charge is 0.383 e. The summed E-state index contributed by atoms with van der Waals surface area (Å²) in [7, 11) is 1.67. The molecule has 0 aliphatic carbocycles. The van der Waals surface area contributed by atoms with Gasteiger partial charge in [-0.1, -0.05) is 18.2 Å². The molecule has 0 aliphatic heterocycles. The number of ether oxygens (including phenoxy) is 1. The average Bonchev–Trinajstić information content (AvgIpc) is 2.26. The van der Waals surface area contributed by atoms with Crippen LogP contribution >= 0.6 is 11.8 Å². The summed E-state index contributed by atoms with van der Waals surface area (Å²) in [6.45, 7) is 0.577. The van der Waals surface area contributed by atoms with E-state index in [0.29, 0.717) is 6.61 Å². The molecule has 4 heteroatoms.